The lowest BCUT2D eigenvalue weighted by molar-refractivity contribution is -0.139. The predicted molar refractivity (Wildman–Crippen MR) is 226 cm³/mol. The van der Waals surface area contributed by atoms with E-state index in [-0.39, 0.29) is 35.7 Å². The van der Waals surface area contributed by atoms with Crippen molar-refractivity contribution in [2.45, 2.75) is 84.0 Å². The maximum Gasteiger partial charge on any atom is 0.407 e. The van der Waals surface area contributed by atoms with Crippen LogP contribution < -0.4 is 10.6 Å². The monoisotopic (exact) mass is 823 g/mol. The zero-order valence-corrected chi connectivity index (χ0v) is 35.0. The number of aromatic nitrogens is 2. The van der Waals surface area contributed by atoms with E-state index in [4.69, 9.17) is 9.73 Å². The first-order valence-corrected chi connectivity index (χ1v) is 21.5. The summed E-state index contributed by atoms with van der Waals surface area (Å²) in [6.45, 7) is 8.10. The van der Waals surface area contributed by atoms with Gasteiger partial charge in [-0.2, -0.15) is 0 Å². The van der Waals surface area contributed by atoms with Crippen molar-refractivity contribution in [3.8, 4) is 23.0 Å². The largest absolute Gasteiger partial charge is 0.453 e. The van der Waals surface area contributed by atoms with E-state index in [0.717, 1.165) is 63.9 Å². The summed E-state index contributed by atoms with van der Waals surface area (Å²) >= 11 is 3.34. The summed E-state index contributed by atoms with van der Waals surface area (Å²) in [7, 11) is 1.30. The number of imidazole rings is 1. The molecule has 3 aliphatic rings. The van der Waals surface area contributed by atoms with E-state index < -0.39 is 30.7 Å². The van der Waals surface area contributed by atoms with E-state index in [9.17, 15) is 24.3 Å². The average Bonchev–Trinajstić information content (AvgIpc) is 4.07. The summed E-state index contributed by atoms with van der Waals surface area (Å²) < 4.78 is 7.08. The van der Waals surface area contributed by atoms with Crippen molar-refractivity contribution < 1.29 is 29.0 Å². The maximum atomic E-state index is 13.6. The molecule has 1 aromatic carbocycles. The summed E-state index contributed by atoms with van der Waals surface area (Å²) in [5.41, 5.74) is 7.05. The van der Waals surface area contributed by atoms with Crippen molar-refractivity contribution >= 4 is 67.2 Å². The number of aliphatic imine (C=N–C) groups is 1. The van der Waals surface area contributed by atoms with Gasteiger partial charge in [-0.15, -0.1) is 22.7 Å². The van der Waals surface area contributed by atoms with Crippen molar-refractivity contribution in [1.29, 1.82) is 0 Å². The minimum Gasteiger partial charge on any atom is -0.453 e. The normalized spacial score (nSPS) is 18.9. The second kappa shape index (κ2) is 17.7. The molecule has 58 heavy (non-hydrogen) atoms. The number of nitrogens with zero attached hydrogens (tertiary/aromatic N) is 4. The molecule has 7 rings (SSSR count). The van der Waals surface area contributed by atoms with E-state index in [1.807, 2.05) is 38.8 Å². The summed E-state index contributed by atoms with van der Waals surface area (Å²) in [5, 5.41) is 18.9. The zero-order chi connectivity index (χ0) is 41.1. The minimum atomic E-state index is -0.728. The zero-order valence-electron chi connectivity index (χ0n) is 33.3. The molecule has 2 saturated heterocycles. The Kier molecular flexibility index (Phi) is 12.5. The second-order valence-corrected chi connectivity index (χ2v) is 17.4. The molecule has 304 valence electrons. The molecule has 6 heterocycles. The van der Waals surface area contributed by atoms with Gasteiger partial charge in [0.05, 0.1) is 40.4 Å². The van der Waals surface area contributed by atoms with E-state index >= 15 is 0 Å². The summed E-state index contributed by atoms with van der Waals surface area (Å²) in [6.07, 6.45) is 6.97. The molecule has 2 fully saturated rings. The molecule has 0 bridgehead atoms. The van der Waals surface area contributed by atoms with Gasteiger partial charge in [0.15, 0.2) is 0 Å². The van der Waals surface area contributed by atoms with Crippen LogP contribution >= 0.6 is 22.7 Å². The number of nitrogens with one attached hydrogen (secondary N) is 3. The van der Waals surface area contributed by atoms with E-state index in [1.54, 1.807) is 33.8 Å². The number of amides is 4. The van der Waals surface area contributed by atoms with Crippen molar-refractivity contribution in [2.75, 3.05) is 26.8 Å². The number of benzene rings is 1. The number of aromatic amines is 1. The molecule has 2 unspecified atom stereocenters. The number of alkyl carbamates (subject to hydrolysis) is 1. The third-order valence-corrected chi connectivity index (χ3v) is 13.2. The number of fused-ring (bicyclic) bond motifs is 1. The molecule has 4 amide bonds. The fourth-order valence-electron chi connectivity index (χ4n) is 7.98. The SMILES string of the molecule is COC(=O)N[C@H](C(=O)N1CCCC1C1=NC=C(c2ccc(-c3csc4c(C#Cc5cnc(C6CCCN6C(=O)[C@@H](NC(=O)CO)C(C)C)[nH]5)csc34)cc2)C1)C(C)C. The second-order valence-electron chi connectivity index (χ2n) is 15.6. The highest BCUT2D eigenvalue weighted by Crippen LogP contribution is 2.41. The van der Waals surface area contributed by atoms with Crippen LogP contribution in [0.2, 0.25) is 0 Å². The quantitative estimate of drug-likeness (QED) is 0.133. The van der Waals surface area contributed by atoms with Crippen LogP contribution in [-0.4, -0.2) is 99.3 Å². The molecule has 0 saturated carbocycles. The van der Waals surface area contributed by atoms with Gasteiger partial charge < -0.3 is 35.3 Å². The number of carbonyl (C=O) groups excluding carboxylic acids is 4. The van der Waals surface area contributed by atoms with Crippen LogP contribution in [0.25, 0.3) is 26.1 Å². The average molecular weight is 824 g/mol. The number of methoxy groups -OCH3 is 1. The minimum absolute atomic E-state index is 0.0876. The van der Waals surface area contributed by atoms with Gasteiger partial charge >= 0.3 is 6.09 Å². The summed E-state index contributed by atoms with van der Waals surface area (Å²) in [6, 6.07) is 6.81. The third-order valence-electron chi connectivity index (χ3n) is 11.1. The van der Waals surface area contributed by atoms with Gasteiger partial charge in [-0.25, -0.2) is 9.78 Å². The number of hydrogen-bond donors (Lipinski definition) is 4. The molecule has 3 aliphatic heterocycles. The molecule has 3 aromatic heterocycles. The first-order valence-electron chi connectivity index (χ1n) is 19.7. The van der Waals surface area contributed by atoms with Gasteiger partial charge in [0.2, 0.25) is 17.7 Å². The van der Waals surface area contributed by atoms with Crippen LogP contribution in [0.1, 0.15) is 88.5 Å². The molecule has 15 heteroatoms. The molecular formula is C43H49N7O6S2. The first-order chi connectivity index (χ1) is 28.0. The Morgan fingerprint density at radius 3 is 2.21 bits per heavy atom. The number of rotatable bonds is 11. The number of hydrogen-bond acceptors (Lipinski definition) is 10. The molecule has 4 atom stereocenters. The number of aliphatic hydroxyl groups excluding tert-OH is 1. The lowest BCUT2D eigenvalue weighted by Crippen LogP contribution is -2.53. The van der Waals surface area contributed by atoms with Crippen LogP contribution in [0.3, 0.4) is 0 Å². The predicted octanol–water partition coefficient (Wildman–Crippen LogP) is 6.11. The Hall–Kier alpha value is -5.30. The molecule has 4 aromatic rings. The summed E-state index contributed by atoms with van der Waals surface area (Å²) in [4.78, 5) is 67.3. The van der Waals surface area contributed by atoms with Crippen LogP contribution in [0.5, 0.6) is 0 Å². The molecular weight excluding hydrogens is 775 g/mol. The number of carbonyl (C=O) groups is 4. The Bertz CT molecular complexity index is 2310. The maximum absolute atomic E-state index is 13.6. The Balaban J connectivity index is 0.992. The lowest BCUT2D eigenvalue weighted by Gasteiger charge is -2.31. The van der Waals surface area contributed by atoms with Crippen LogP contribution in [-0.2, 0) is 19.1 Å². The van der Waals surface area contributed by atoms with Crippen molar-refractivity contribution in [3.05, 3.63) is 70.1 Å². The highest BCUT2D eigenvalue weighted by atomic mass is 32.1. The molecule has 0 spiro atoms. The smallest absolute Gasteiger partial charge is 0.407 e. The van der Waals surface area contributed by atoms with Gasteiger partial charge in [0.25, 0.3) is 0 Å². The molecule has 0 aliphatic carbocycles. The van der Waals surface area contributed by atoms with E-state index in [2.05, 4.69) is 67.5 Å². The van der Waals surface area contributed by atoms with Gasteiger partial charge in [0.1, 0.15) is 30.2 Å². The Labute approximate surface area is 346 Å². The molecule has 0 radical (unpaired) electrons. The molecule has 13 nitrogen and oxygen atoms in total. The third kappa shape index (κ3) is 8.46. The fourth-order valence-corrected chi connectivity index (χ4v) is 10.3. The highest BCUT2D eigenvalue weighted by molar-refractivity contribution is 7.27. The van der Waals surface area contributed by atoms with Crippen molar-refractivity contribution in [1.82, 2.24) is 30.4 Å². The Morgan fingerprint density at radius 2 is 1.53 bits per heavy atom. The van der Waals surface area contributed by atoms with Crippen molar-refractivity contribution in [3.63, 3.8) is 0 Å². The topological polar surface area (TPSA) is 169 Å². The van der Waals surface area contributed by atoms with Crippen LogP contribution in [0, 0.1) is 23.7 Å². The van der Waals surface area contributed by atoms with Crippen LogP contribution in [0.15, 0.2) is 52.4 Å². The van der Waals surface area contributed by atoms with Crippen molar-refractivity contribution in [2.24, 2.45) is 16.8 Å². The summed E-state index contributed by atoms with van der Waals surface area (Å²) in [5.74, 6) is 6.16. The van der Waals surface area contributed by atoms with Gasteiger partial charge in [-0.1, -0.05) is 57.9 Å². The Morgan fingerprint density at radius 1 is 0.897 bits per heavy atom. The lowest BCUT2D eigenvalue weighted by atomic mass is 9.96. The molecule has 4 N–H and O–H groups in total. The number of H-pyrrole nitrogens is 1. The van der Waals surface area contributed by atoms with Crippen LogP contribution in [0.4, 0.5) is 4.79 Å². The van der Waals surface area contributed by atoms with Gasteiger partial charge in [0, 0.05) is 47.7 Å². The number of aliphatic hydroxyl groups is 1. The fraction of sp³-hybridized carbons (Fsp3) is 0.442. The standard InChI is InChI=1S/C43H49N7O6S2/c1-24(2)36(47-35(52)21-51)41(53)50-17-7-9-34(50)40-45-20-30(46-40)15-14-28-22-57-39-31(23-58-38(28)39)27-12-10-26(11-13-27)29-18-32(44-19-29)33-8-6-16-49(33)42(54)37(25(3)4)48-43(55)56-5/h10-13,19-20,22-25,33-34,36-37,51H,6-9,16-18,21H2,1-5H3,(H,45,46)(H,47,52)(H,48,55)/t33?,34?,36-,37-/m0/s1. The number of thiophene rings is 2. The van der Waals surface area contributed by atoms with E-state index in [1.165, 1.54) is 11.8 Å². The van der Waals surface area contributed by atoms with Gasteiger partial charge in [-0.3, -0.25) is 19.4 Å². The first kappa shape index (κ1) is 40.9. The number of allylic oxidation sites excluding steroid dienone is 1. The van der Waals surface area contributed by atoms with Gasteiger partial charge in [-0.05, 0) is 60.1 Å². The van der Waals surface area contributed by atoms with E-state index in [0.29, 0.717) is 31.0 Å². The number of likely N-dealkylation sites (tertiary alicyclic amines) is 2. The highest BCUT2D eigenvalue weighted by Gasteiger charge is 2.39. The number of ether oxygens (including phenoxy) is 1.